The van der Waals surface area contributed by atoms with E-state index in [4.69, 9.17) is 10.5 Å². The van der Waals surface area contributed by atoms with Crippen LogP contribution in [0, 0.1) is 0 Å². The zero-order valence-electron chi connectivity index (χ0n) is 10.4. The fraction of sp³-hybridized carbons (Fsp3) is 0.538. The molecule has 4 heteroatoms. The molecule has 17 heavy (non-hydrogen) atoms. The second kappa shape index (κ2) is 5.77. The maximum absolute atomic E-state index is 6.17. The zero-order chi connectivity index (χ0) is 12.1. The summed E-state index contributed by atoms with van der Waals surface area (Å²) in [6, 6.07) is 6.02. The van der Waals surface area contributed by atoms with Gasteiger partial charge in [0, 0.05) is 26.2 Å². The summed E-state index contributed by atoms with van der Waals surface area (Å²) >= 11 is 0. The smallest absolute Gasteiger partial charge is 0.144 e. The Hall–Kier alpha value is -1.42. The van der Waals surface area contributed by atoms with Gasteiger partial charge in [0.15, 0.2) is 0 Å². The zero-order valence-corrected chi connectivity index (χ0v) is 10.4. The summed E-state index contributed by atoms with van der Waals surface area (Å²) in [6.45, 7) is 6.84. The van der Waals surface area contributed by atoms with Crippen molar-refractivity contribution in [1.82, 2.24) is 5.32 Å². The Morgan fingerprint density at radius 3 is 2.82 bits per heavy atom. The molecule has 0 amide bonds. The number of nitrogens with zero attached hydrogens (tertiary/aromatic N) is 1. The Morgan fingerprint density at radius 1 is 1.35 bits per heavy atom. The highest BCUT2D eigenvalue weighted by molar-refractivity contribution is 5.74. The molecule has 1 aromatic rings. The van der Waals surface area contributed by atoms with Gasteiger partial charge in [-0.15, -0.1) is 0 Å². The third-order valence-electron chi connectivity index (χ3n) is 2.96. The minimum Gasteiger partial charge on any atom is -0.491 e. The molecule has 1 heterocycles. The van der Waals surface area contributed by atoms with Gasteiger partial charge in [0.1, 0.15) is 5.75 Å². The minimum atomic E-state index is 0.717. The Balaban J connectivity index is 2.15. The summed E-state index contributed by atoms with van der Waals surface area (Å²) in [6.07, 6.45) is 0.997. The molecule has 1 saturated heterocycles. The molecule has 94 valence electrons. The van der Waals surface area contributed by atoms with Crippen LogP contribution in [-0.4, -0.2) is 32.8 Å². The number of benzene rings is 1. The van der Waals surface area contributed by atoms with Crippen molar-refractivity contribution in [1.29, 1.82) is 0 Å². The second-order valence-corrected chi connectivity index (χ2v) is 4.27. The van der Waals surface area contributed by atoms with Crippen LogP contribution in [0.15, 0.2) is 18.2 Å². The SMILES string of the molecule is CCCOc1cccc(N2CCNCC2)c1N. The predicted octanol–water partition coefficient (Wildman–Crippen LogP) is 1.47. The van der Waals surface area contributed by atoms with E-state index in [1.807, 2.05) is 12.1 Å². The van der Waals surface area contributed by atoms with E-state index in [1.165, 1.54) is 0 Å². The van der Waals surface area contributed by atoms with Crippen molar-refractivity contribution in [3.63, 3.8) is 0 Å². The number of nitrogens with one attached hydrogen (secondary N) is 1. The first-order valence-corrected chi connectivity index (χ1v) is 6.30. The molecule has 3 N–H and O–H groups in total. The molecule has 4 nitrogen and oxygen atoms in total. The average Bonchev–Trinajstić information content (AvgIpc) is 2.39. The number of nitrogen functional groups attached to an aromatic ring is 1. The van der Waals surface area contributed by atoms with Gasteiger partial charge in [-0.25, -0.2) is 0 Å². The first-order chi connectivity index (χ1) is 8.33. The van der Waals surface area contributed by atoms with Crippen LogP contribution in [0.25, 0.3) is 0 Å². The molecule has 0 bridgehead atoms. The maximum atomic E-state index is 6.17. The van der Waals surface area contributed by atoms with Gasteiger partial charge in [-0.1, -0.05) is 13.0 Å². The van der Waals surface area contributed by atoms with Crippen LogP contribution in [0.3, 0.4) is 0 Å². The highest BCUT2D eigenvalue weighted by atomic mass is 16.5. The second-order valence-electron chi connectivity index (χ2n) is 4.27. The van der Waals surface area contributed by atoms with Crippen LogP contribution in [0.1, 0.15) is 13.3 Å². The van der Waals surface area contributed by atoms with E-state index in [-0.39, 0.29) is 0 Å². The molecule has 1 aliphatic heterocycles. The topological polar surface area (TPSA) is 50.5 Å². The molecule has 0 aliphatic carbocycles. The Bertz CT molecular complexity index is 362. The van der Waals surface area contributed by atoms with E-state index < -0.39 is 0 Å². The molecule has 1 fully saturated rings. The minimum absolute atomic E-state index is 0.717. The summed E-state index contributed by atoms with van der Waals surface area (Å²) < 4.78 is 5.65. The van der Waals surface area contributed by atoms with E-state index in [2.05, 4.69) is 23.2 Å². The molecular formula is C13H21N3O. The van der Waals surface area contributed by atoms with Crippen LogP contribution in [-0.2, 0) is 0 Å². The molecule has 0 radical (unpaired) electrons. The molecule has 1 aromatic carbocycles. The normalized spacial score (nSPS) is 15.9. The number of para-hydroxylation sites is 1. The summed E-state index contributed by atoms with van der Waals surface area (Å²) in [5, 5.41) is 3.34. The molecule has 0 saturated carbocycles. The van der Waals surface area contributed by atoms with E-state index in [0.29, 0.717) is 0 Å². The van der Waals surface area contributed by atoms with Crippen LogP contribution in [0.5, 0.6) is 5.75 Å². The lowest BCUT2D eigenvalue weighted by atomic mass is 10.2. The predicted molar refractivity (Wildman–Crippen MR) is 71.7 cm³/mol. The molecule has 1 aliphatic rings. The highest BCUT2D eigenvalue weighted by Gasteiger charge is 2.15. The van der Waals surface area contributed by atoms with Crippen molar-refractivity contribution in [2.45, 2.75) is 13.3 Å². The molecule has 0 spiro atoms. The number of hydrogen-bond donors (Lipinski definition) is 2. The molecule has 0 unspecified atom stereocenters. The number of nitrogens with two attached hydrogens (primary N) is 1. The lowest BCUT2D eigenvalue weighted by Crippen LogP contribution is -2.43. The number of rotatable bonds is 4. The summed E-state index contributed by atoms with van der Waals surface area (Å²) in [5.74, 6) is 0.808. The van der Waals surface area contributed by atoms with Gasteiger partial charge in [0.05, 0.1) is 18.0 Å². The number of hydrogen-bond acceptors (Lipinski definition) is 4. The van der Waals surface area contributed by atoms with Crippen molar-refractivity contribution in [2.75, 3.05) is 43.4 Å². The van der Waals surface area contributed by atoms with Gasteiger partial charge in [-0.2, -0.15) is 0 Å². The highest BCUT2D eigenvalue weighted by Crippen LogP contribution is 2.32. The Labute approximate surface area is 103 Å². The lowest BCUT2D eigenvalue weighted by molar-refractivity contribution is 0.319. The monoisotopic (exact) mass is 235 g/mol. The molecule has 2 rings (SSSR count). The van der Waals surface area contributed by atoms with E-state index in [1.54, 1.807) is 0 Å². The summed E-state index contributed by atoms with van der Waals surface area (Å²) in [5.41, 5.74) is 8.03. The number of ether oxygens (including phenoxy) is 1. The summed E-state index contributed by atoms with van der Waals surface area (Å²) in [7, 11) is 0. The van der Waals surface area contributed by atoms with Gasteiger partial charge < -0.3 is 20.7 Å². The van der Waals surface area contributed by atoms with Crippen LogP contribution < -0.4 is 20.7 Å². The molecule has 0 aromatic heterocycles. The van der Waals surface area contributed by atoms with Gasteiger partial charge in [-0.3, -0.25) is 0 Å². The third-order valence-corrected chi connectivity index (χ3v) is 2.96. The summed E-state index contributed by atoms with van der Waals surface area (Å²) in [4.78, 5) is 2.31. The van der Waals surface area contributed by atoms with Crippen molar-refractivity contribution in [3.8, 4) is 5.75 Å². The quantitative estimate of drug-likeness (QED) is 0.776. The third kappa shape index (κ3) is 2.82. The Morgan fingerprint density at radius 2 is 2.12 bits per heavy atom. The van der Waals surface area contributed by atoms with Crippen molar-refractivity contribution in [3.05, 3.63) is 18.2 Å². The van der Waals surface area contributed by atoms with Gasteiger partial charge in [-0.05, 0) is 18.6 Å². The van der Waals surface area contributed by atoms with Gasteiger partial charge in [0.2, 0.25) is 0 Å². The first kappa shape index (κ1) is 12.0. The van der Waals surface area contributed by atoms with E-state index in [0.717, 1.165) is 56.3 Å². The number of piperazine rings is 1. The number of anilines is 2. The lowest BCUT2D eigenvalue weighted by Gasteiger charge is -2.30. The largest absolute Gasteiger partial charge is 0.491 e. The average molecular weight is 235 g/mol. The van der Waals surface area contributed by atoms with Crippen molar-refractivity contribution >= 4 is 11.4 Å². The fourth-order valence-corrected chi connectivity index (χ4v) is 2.05. The first-order valence-electron chi connectivity index (χ1n) is 6.30. The Kier molecular flexibility index (Phi) is 4.09. The van der Waals surface area contributed by atoms with Gasteiger partial charge >= 0.3 is 0 Å². The van der Waals surface area contributed by atoms with Crippen LogP contribution >= 0.6 is 0 Å². The van der Waals surface area contributed by atoms with Crippen LogP contribution in [0.4, 0.5) is 11.4 Å². The molecular weight excluding hydrogens is 214 g/mol. The maximum Gasteiger partial charge on any atom is 0.144 e. The van der Waals surface area contributed by atoms with E-state index in [9.17, 15) is 0 Å². The van der Waals surface area contributed by atoms with Crippen molar-refractivity contribution in [2.24, 2.45) is 0 Å². The standard InChI is InChI=1S/C13H21N3O/c1-2-10-17-12-5-3-4-11(13(12)14)16-8-6-15-7-9-16/h3-5,15H,2,6-10,14H2,1H3. The van der Waals surface area contributed by atoms with E-state index >= 15 is 0 Å². The van der Waals surface area contributed by atoms with Gasteiger partial charge in [0.25, 0.3) is 0 Å². The molecule has 0 atom stereocenters. The fourth-order valence-electron chi connectivity index (χ4n) is 2.05. The van der Waals surface area contributed by atoms with Crippen LogP contribution in [0.2, 0.25) is 0 Å². The van der Waals surface area contributed by atoms with Crippen molar-refractivity contribution < 1.29 is 4.74 Å².